The fourth-order valence-electron chi connectivity index (χ4n) is 7.10. The smallest absolute Gasteiger partial charge is 0.306 e. The molecule has 0 saturated heterocycles. The Morgan fingerprint density at radius 1 is 0.313 bits per heavy atom. The fraction of sp³-hybridized carbons (Fsp3) is 0.656. The molecular weight excluding hydrogens is 829 g/mol. The lowest BCUT2D eigenvalue weighted by Gasteiger charge is -2.18. The predicted octanol–water partition coefficient (Wildman–Crippen LogP) is 18.3. The molecule has 0 aliphatic carbocycles. The second-order valence-electron chi connectivity index (χ2n) is 17.7. The van der Waals surface area contributed by atoms with Crippen LogP contribution in [0.25, 0.3) is 0 Å². The van der Waals surface area contributed by atoms with Crippen molar-refractivity contribution in [2.24, 2.45) is 0 Å². The Labute approximate surface area is 412 Å². The predicted molar refractivity (Wildman–Crippen MR) is 288 cm³/mol. The second-order valence-corrected chi connectivity index (χ2v) is 17.7. The second kappa shape index (κ2) is 54.7. The summed E-state index contributed by atoms with van der Waals surface area (Å²) in [5, 5.41) is 0. The number of hydrogen-bond acceptors (Lipinski definition) is 6. The van der Waals surface area contributed by atoms with Crippen LogP contribution in [0.15, 0.2) is 109 Å². The van der Waals surface area contributed by atoms with Crippen molar-refractivity contribution in [1.29, 1.82) is 0 Å². The van der Waals surface area contributed by atoms with Crippen LogP contribution in [0, 0.1) is 0 Å². The molecule has 0 bridgehead atoms. The summed E-state index contributed by atoms with van der Waals surface area (Å²) in [6.45, 7) is 6.41. The van der Waals surface area contributed by atoms with Crippen molar-refractivity contribution >= 4 is 17.9 Å². The van der Waals surface area contributed by atoms with Gasteiger partial charge in [-0.3, -0.25) is 14.4 Å². The van der Waals surface area contributed by atoms with Crippen LogP contribution in [0.1, 0.15) is 239 Å². The van der Waals surface area contributed by atoms with E-state index in [0.717, 1.165) is 148 Å². The zero-order valence-corrected chi connectivity index (χ0v) is 43.4. The van der Waals surface area contributed by atoms with Crippen molar-refractivity contribution in [3.63, 3.8) is 0 Å². The third-order valence-electron chi connectivity index (χ3n) is 11.2. The van der Waals surface area contributed by atoms with Gasteiger partial charge in [0.25, 0.3) is 0 Å². The number of rotatable bonds is 48. The van der Waals surface area contributed by atoms with E-state index in [1.54, 1.807) is 0 Å². The lowest BCUT2D eigenvalue weighted by atomic mass is 10.1. The molecule has 0 aromatic heterocycles. The Kier molecular flexibility index (Phi) is 51.5. The van der Waals surface area contributed by atoms with Gasteiger partial charge in [-0.2, -0.15) is 0 Å². The van der Waals surface area contributed by atoms with Crippen molar-refractivity contribution in [3.8, 4) is 0 Å². The highest BCUT2D eigenvalue weighted by atomic mass is 16.6. The number of hydrogen-bond donors (Lipinski definition) is 0. The largest absolute Gasteiger partial charge is 0.462 e. The van der Waals surface area contributed by atoms with E-state index in [-0.39, 0.29) is 31.1 Å². The molecule has 380 valence electrons. The van der Waals surface area contributed by atoms with Gasteiger partial charge in [-0.05, 0) is 122 Å². The van der Waals surface area contributed by atoms with Crippen LogP contribution in [-0.4, -0.2) is 37.2 Å². The van der Waals surface area contributed by atoms with Crippen molar-refractivity contribution < 1.29 is 28.6 Å². The molecule has 6 heteroatoms. The van der Waals surface area contributed by atoms with Crippen LogP contribution in [0.2, 0.25) is 0 Å². The molecule has 0 N–H and O–H groups in total. The molecule has 1 atom stereocenters. The van der Waals surface area contributed by atoms with Crippen molar-refractivity contribution in [3.05, 3.63) is 109 Å². The monoisotopic (exact) mass is 929 g/mol. The Bertz CT molecular complexity index is 1390. The molecule has 67 heavy (non-hydrogen) atoms. The van der Waals surface area contributed by atoms with Crippen LogP contribution < -0.4 is 0 Å². The Hall–Kier alpha value is -3.93. The molecule has 0 spiro atoms. The van der Waals surface area contributed by atoms with Crippen molar-refractivity contribution in [2.45, 2.75) is 245 Å². The topological polar surface area (TPSA) is 78.9 Å². The van der Waals surface area contributed by atoms with Crippen LogP contribution in [0.3, 0.4) is 0 Å². The van der Waals surface area contributed by atoms with E-state index in [0.29, 0.717) is 19.3 Å². The Morgan fingerprint density at radius 2 is 0.597 bits per heavy atom. The van der Waals surface area contributed by atoms with Gasteiger partial charge in [-0.1, -0.05) is 207 Å². The van der Waals surface area contributed by atoms with E-state index in [1.165, 1.54) is 51.4 Å². The van der Waals surface area contributed by atoms with E-state index >= 15 is 0 Å². The van der Waals surface area contributed by atoms with Gasteiger partial charge in [0.05, 0.1) is 0 Å². The minimum Gasteiger partial charge on any atom is -0.462 e. The number of carbonyl (C=O) groups excluding carboxylic acids is 3. The van der Waals surface area contributed by atoms with Gasteiger partial charge in [0, 0.05) is 19.3 Å². The van der Waals surface area contributed by atoms with E-state index in [2.05, 4.69) is 130 Å². The highest BCUT2D eigenvalue weighted by Gasteiger charge is 2.19. The lowest BCUT2D eigenvalue weighted by Crippen LogP contribution is -2.30. The zero-order valence-electron chi connectivity index (χ0n) is 43.4. The summed E-state index contributed by atoms with van der Waals surface area (Å²) in [5.74, 6) is -0.951. The van der Waals surface area contributed by atoms with E-state index < -0.39 is 6.10 Å². The van der Waals surface area contributed by atoms with Crippen molar-refractivity contribution in [2.75, 3.05) is 13.2 Å². The molecule has 1 unspecified atom stereocenters. The maximum atomic E-state index is 12.8. The Morgan fingerprint density at radius 3 is 0.970 bits per heavy atom. The number of carbonyl (C=O) groups is 3. The highest BCUT2D eigenvalue weighted by molar-refractivity contribution is 5.71. The Balaban J connectivity index is 4.42. The molecule has 0 rings (SSSR count). The van der Waals surface area contributed by atoms with Gasteiger partial charge in [0.1, 0.15) is 13.2 Å². The van der Waals surface area contributed by atoms with Gasteiger partial charge >= 0.3 is 17.9 Å². The van der Waals surface area contributed by atoms with E-state index in [1.807, 2.05) is 0 Å². The molecule has 0 aliphatic rings. The van der Waals surface area contributed by atoms with Gasteiger partial charge in [-0.15, -0.1) is 0 Å². The van der Waals surface area contributed by atoms with Crippen LogP contribution in [0.5, 0.6) is 0 Å². The SMILES string of the molecule is CC/C=C\C/C=C\C/C=C\C/C=C\C/C=C\C/C=C\CCCCCCC(=O)OCC(COC(=O)CCCCCCC/C=C\CCCC)OC(=O)CCCCCCC/C=C\C/C=C\CCCCC. The van der Waals surface area contributed by atoms with Crippen LogP contribution in [-0.2, 0) is 28.6 Å². The molecule has 0 radical (unpaired) electrons. The summed E-state index contributed by atoms with van der Waals surface area (Å²) in [6, 6.07) is 0. The van der Waals surface area contributed by atoms with Crippen LogP contribution >= 0.6 is 0 Å². The summed E-state index contributed by atoms with van der Waals surface area (Å²) in [6.07, 6.45) is 73.6. The number of ether oxygens (including phenoxy) is 3. The standard InChI is InChI=1S/C61H100O6/c1-4-7-10-13-16-19-22-24-26-27-28-29-30-31-32-33-35-36-39-42-45-48-51-54-60(63)66-57-58(56-65-59(62)53-50-47-44-41-38-21-18-15-12-9-6-3)67-61(64)55-52-49-46-43-40-37-34-25-23-20-17-14-11-8-5-2/h7,10,15-20,24-26,28-29,31-32,34-36,58H,4-6,8-9,11-14,21-23,27,30,33,37-57H2,1-3H3/b10-7-,18-15-,19-16-,20-17-,26-24-,29-28-,32-31-,34-25-,36-35-. The molecule has 0 aliphatic heterocycles. The van der Waals surface area contributed by atoms with Gasteiger partial charge < -0.3 is 14.2 Å². The van der Waals surface area contributed by atoms with E-state index in [9.17, 15) is 14.4 Å². The highest BCUT2D eigenvalue weighted by Crippen LogP contribution is 2.13. The van der Waals surface area contributed by atoms with Gasteiger partial charge in [-0.25, -0.2) is 0 Å². The first-order valence-corrected chi connectivity index (χ1v) is 27.4. The molecule has 0 aromatic carbocycles. The summed E-state index contributed by atoms with van der Waals surface area (Å²) in [5.41, 5.74) is 0. The lowest BCUT2D eigenvalue weighted by molar-refractivity contribution is -0.167. The van der Waals surface area contributed by atoms with Gasteiger partial charge in [0.2, 0.25) is 0 Å². The molecule has 0 saturated carbocycles. The maximum absolute atomic E-state index is 12.8. The van der Waals surface area contributed by atoms with E-state index in [4.69, 9.17) is 14.2 Å². The quantitative estimate of drug-likeness (QED) is 0.0262. The summed E-state index contributed by atoms with van der Waals surface area (Å²) in [4.78, 5) is 38.0. The molecule has 0 aromatic rings. The first-order valence-electron chi connectivity index (χ1n) is 27.4. The molecular formula is C61H100O6. The average Bonchev–Trinajstić information content (AvgIpc) is 3.33. The van der Waals surface area contributed by atoms with Gasteiger partial charge in [0.15, 0.2) is 6.10 Å². The normalized spacial score (nSPS) is 12.9. The number of allylic oxidation sites excluding steroid dienone is 18. The van der Waals surface area contributed by atoms with Crippen LogP contribution in [0.4, 0.5) is 0 Å². The maximum Gasteiger partial charge on any atom is 0.306 e. The third-order valence-corrected chi connectivity index (χ3v) is 11.2. The third kappa shape index (κ3) is 52.9. The summed E-state index contributed by atoms with van der Waals surface area (Å²) < 4.78 is 16.8. The minimum absolute atomic E-state index is 0.0982. The number of esters is 3. The fourth-order valence-corrected chi connectivity index (χ4v) is 7.10. The molecule has 0 fully saturated rings. The van der Waals surface area contributed by atoms with Crippen molar-refractivity contribution in [1.82, 2.24) is 0 Å². The minimum atomic E-state index is -0.801. The average molecular weight is 929 g/mol. The molecule has 0 heterocycles. The zero-order chi connectivity index (χ0) is 48.6. The summed E-state index contributed by atoms with van der Waals surface area (Å²) >= 11 is 0. The molecule has 0 amide bonds. The molecule has 6 nitrogen and oxygen atoms in total. The summed E-state index contributed by atoms with van der Waals surface area (Å²) in [7, 11) is 0. The number of unbranched alkanes of at least 4 members (excludes halogenated alkanes) is 19. The first kappa shape index (κ1) is 63.1. The first-order chi connectivity index (χ1) is 33.0.